The molecule has 0 unspecified atom stereocenters. The Bertz CT molecular complexity index is 441. The molecule has 0 saturated carbocycles. The molecule has 0 radical (unpaired) electrons. The molecule has 1 rings (SSSR count). The molecular formula is C14H19Br2NO3. The monoisotopic (exact) mass is 407 g/mol. The molecule has 1 aromatic rings. The zero-order chi connectivity index (χ0) is 15.1. The summed E-state index contributed by atoms with van der Waals surface area (Å²) in [7, 11) is 0. The Morgan fingerprint density at radius 3 is 2.45 bits per heavy atom. The van der Waals surface area contributed by atoms with E-state index in [4.69, 9.17) is 9.84 Å². The van der Waals surface area contributed by atoms with Crippen LogP contribution in [0.3, 0.4) is 0 Å². The summed E-state index contributed by atoms with van der Waals surface area (Å²) in [5, 5.41) is 11.9. The van der Waals surface area contributed by atoms with Crippen LogP contribution in [0, 0.1) is 5.92 Å². The largest absolute Gasteiger partial charge is 0.481 e. The minimum absolute atomic E-state index is 0.0340. The van der Waals surface area contributed by atoms with Crippen molar-refractivity contribution in [2.24, 2.45) is 5.92 Å². The summed E-state index contributed by atoms with van der Waals surface area (Å²) >= 11 is 6.73. The number of benzene rings is 1. The van der Waals surface area contributed by atoms with Crippen LogP contribution in [-0.4, -0.2) is 24.2 Å². The van der Waals surface area contributed by atoms with E-state index >= 15 is 0 Å². The lowest BCUT2D eigenvalue weighted by molar-refractivity contribution is -0.123. The first-order chi connectivity index (χ1) is 9.43. The molecule has 0 aliphatic heterocycles. The average Bonchev–Trinajstić information content (AvgIpc) is 2.36. The van der Waals surface area contributed by atoms with Crippen molar-refractivity contribution in [3.8, 4) is 5.75 Å². The fourth-order valence-electron chi connectivity index (χ4n) is 1.53. The van der Waals surface area contributed by atoms with Crippen molar-refractivity contribution >= 4 is 37.8 Å². The number of hydrogen-bond acceptors (Lipinski definition) is 3. The minimum Gasteiger partial charge on any atom is -0.481 e. The molecule has 0 fully saturated rings. The lowest BCUT2D eigenvalue weighted by atomic mass is 10.1. The highest BCUT2D eigenvalue weighted by Crippen LogP contribution is 2.34. The van der Waals surface area contributed by atoms with Crippen LogP contribution in [0.2, 0.25) is 0 Å². The Labute approximate surface area is 136 Å². The quantitative estimate of drug-likeness (QED) is 0.727. The summed E-state index contributed by atoms with van der Waals surface area (Å²) in [4.78, 5) is 11.6. The molecule has 1 amide bonds. The summed E-state index contributed by atoms with van der Waals surface area (Å²) in [5.41, 5.74) is 0.762. The zero-order valence-electron chi connectivity index (χ0n) is 11.6. The standard InChI is InChI=1S/C14H19Br2NO3/c1-9(2)3-4-17-13(19)8-20-14-11(15)5-10(7-18)6-12(14)16/h5-6,9,18H,3-4,7-8H2,1-2H3,(H,17,19). The second-order valence-corrected chi connectivity index (χ2v) is 6.58. The van der Waals surface area contributed by atoms with Crippen LogP contribution in [0.1, 0.15) is 25.8 Å². The fraction of sp³-hybridized carbons (Fsp3) is 0.500. The van der Waals surface area contributed by atoms with Gasteiger partial charge in [0, 0.05) is 6.54 Å². The van der Waals surface area contributed by atoms with Gasteiger partial charge >= 0.3 is 0 Å². The third-order valence-electron chi connectivity index (χ3n) is 2.63. The summed E-state index contributed by atoms with van der Waals surface area (Å²) in [5.74, 6) is 0.974. The molecule has 0 heterocycles. The number of rotatable bonds is 7. The molecule has 0 aliphatic rings. The summed E-state index contributed by atoms with van der Waals surface area (Å²) in [6.07, 6.45) is 0.949. The molecule has 2 N–H and O–H groups in total. The number of halogens is 2. The third-order valence-corrected chi connectivity index (χ3v) is 3.81. The molecule has 0 aliphatic carbocycles. The highest BCUT2D eigenvalue weighted by Gasteiger charge is 2.11. The Hall–Kier alpha value is -0.590. The number of aliphatic hydroxyl groups excluding tert-OH is 1. The van der Waals surface area contributed by atoms with Crippen molar-refractivity contribution in [3.63, 3.8) is 0 Å². The maximum Gasteiger partial charge on any atom is 0.257 e. The van der Waals surface area contributed by atoms with Crippen LogP contribution in [0.5, 0.6) is 5.75 Å². The van der Waals surface area contributed by atoms with E-state index in [1.54, 1.807) is 12.1 Å². The number of amides is 1. The van der Waals surface area contributed by atoms with Crippen LogP contribution < -0.4 is 10.1 Å². The molecule has 0 bridgehead atoms. The highest BCUT2D eigenvalue weighted by atomic mass is 79.9. The maximum absolute atomic E-state index is 11.6. The van der Waals surface area contributed by atoms with Gasteiger partial charge in [-0.2, -0.15) is 0 Å². The van der Waals surface area contributed by atoms with E-state index in [2.05, 4.69) is 51.0 Å². The number of nitrogens with one attached hydrogen (secondary N) is 1. The van der Waals surface area contributed by atoms with E-state index in [-0.39, 0.29) is 19.1 Å². The van der Waals surface area contributed by atoms with Gasteiger partial charge in [-0.15, -0.1) is 0 Å². The second kappa shape index (κ2) is 8.64. The molecule has 0 aromatic heterocycles. The lowest BCUT2D eigenvalue weighted by Crippen LogP contribution is -2.30. The first-order valence-corrected chi connectivity index (χ1v) is 8.01. The average molecular weight is 409 g/mol. The summed E-state index contributed by atoms with van der Waals surface area (Å²) < 4.78 is 6.90. The van der Waals surface area contributed by atoms with Gasteiger partial charge in [0.1, 0.15) is 5.75 Å². The number of aliphatic hydroxyl groups is 1. The van der Waals surface area contributed by atoms with Crippen molar-refractivity contribution in [2.45, 2.75) is 26.9 Å². The third kappa shape index (κ3) is 5.81. The predicted molar refractivity (Wildman–Crippen MR) is 85.7 cm³/mol. The molecule has 6 heteroatoms. The molecule has 0 saturated heterocycles. The van der Waals surface area contributed by atoms with Gasteiger partial charge in [0.25, 0.3) is 5.91 Å². The van der Waals surface area contributed by atoms with Gasteiger partial charge in [-0.25, -0.2) is 0 Å². The van der Waals surface area contributed by atoms with E-state index in [1.807, 2.05) is 0 Å². The van der Waals surface area contributed by atoms with Gasteiger partial charge in [0.2, 0.25) is 0 Å². The van der Waals surface area contributed by atoms with Crippen LogP contribution in [0.15, 0.2) is 21.1 Å². The van der Waals surface area contributed by atoms with Crippen LogP contribution in [0.4, 0.5) is 0 Å². The summed E-state index contributed by atoms with van der Waals surface area (Å²) in [6.45, 7) is 4.80. The molecule has 20 heavy (non-hydrogen) atoms. The molecular weight excluding hydrogens is 390 g/mol. The Balaban J connectivity index is 2.51. The topological polar surface area (TPSA) is 58.6 Å². The number of ether oxygens (including phenoxy) is 1. The second-order valence-electron chi connectivity index (χ2n) is 4.87. The lowest BCUT2D eigenvalue weighted by Gasteiger charge is -2.12. The first kappa shape index (κ1) is 17.5. The van der Waals surface area contributed by atoms with Gasteiger partial charge in [0.15, 0.2) is 6.61 Å². The SMILES string of the molecule is CC(C)CCNC(=O)COc1c(Br)cc(CO)cc1Br. The van der Waals surface area contributed by atoms with Crippen molar-refractivity contribution in [1.29, 1.82) is 0 Å². The first-order valence-electron chi connectivity index (χ1n) is 6.42. The van der Waals surface area contributed by atoms with E-state index in [0.29, 0.717) is 27.2 Å². The van der Waals surface area contributed by atoms with Crippen molar-refractivity contribution < 1.29 is 14.6 Å². The van der Waals surface area contributed by atoms with Crippen LogP contribution >= 0.6 is 31.9 Å². The summed E-state index contributed by atoms with van der Waals surface area (Å²) in [6, 6.07) is 3.52. The van der Waals surface area contributed by atoms with Crippen molar-refractivity contribution in [1.82, 2.24) is 5.32 Å². The molecule has 112 valence electrons. The van der Waals surface area contributed by atoms with Gasteiger partial charge in [-0.05, 0) is 61.9 Å². The smallest absolute Gasteiger partial charge is 0.257 e. The van der Waals surface area contributed by atoms with Crippen LogP contribution in [0.25, 0.3) is 0 Å². The molecule has 4 nitrogen and oxygen atoms in total. The van der Waals surface area contributed by atoms with E-state index in [0.717, 1.165) is 12.0 Å². The molecule has 0 atom stereocenters. The molecule has 1 aromatic carbocycles. The normalized spacial score (nSPS) is 10.7. The van der Waals surface area contributed by atoms with Gasteiger partial charge in [-0.1, -0.05) is 13.8 Å². The Kier molecular flexibility index (Phi) is 7.55. The van der Waals surface area contributed by atoms with Crippen molar-refractivity contribution in [3.05, 3.63) is 26.6 Å². The van der Waals surface area contributed by atoms with Crippen molar-refractivity contribution in [2.75, 3.05) is 13.2 Å². The maximum atomic E-state index is 11.6. The van der Waals surface area contributed by atoms with E-state index in [9.17, 15) is 4.79 Å². The van der Waals surface area contributed by atoms with E-state index in [1.165, 1.54) is 0 Å². The Morgan fingerprint density at radius 2 is 1.95 bits per heavy atom. The van der Waals surface area contributed by atoms with Crippen LogP contribution in [-0.2, 0) is 11.4 Å². The predicted octanol–water partition coefficient (Wildman–Crippen LogP) is 3.25. The minimum atomic E-state index is -0.143. The fourth-order valence-corrected chi connectivity index (χ4v) is 3.04. The van der Waals surface area contributed by atoms with Gasteiger partial charge < -0.3 is 15.2 Å². The zero-order valence-corrected chi connectivity index (χ0v) is 14.8. The van der Waals surface area contributed by atoms with E-state index < -0.39 is 0 Å². The number of hydrogen-bond donors (Lipinski definition) is 2. The Morgan fingerprint density at radius 1 is 1.35 bits per heavy atom. The van der Waals surface area contributed by atoms with Gasteiger partial charge in [0.05, 0.1) is 15.6 Å². The molecule has 0 spiro atoms. The number of carbonyl (C=O) groups is 1. The highest BCUT2D eigenvalue weighted by molar-refractivity contribution is 9.11. The van der Waals surface area contributed by atoms with Gasteiger partial charge in [-0.3, -0.25) is 4.79 Å². The number of carbonyl (C=O) groups excluding carboxylic acids is 1.